The van der Waals surface area contributed by atoms with Crippen molar-refractivity contribution < 1.29 is 19.1 Å². The maximum atomic E-state index is 14.2. The van der Waals surface area contributed by atoms with Gasteiger partial charge in [-0.15, -0.1) is 0 Å². The molecule has 4 aromatic carbocycles. The average molecular weight is 541 g/mol. The minimum absolute atomic E-state index is 0.143. The molecule has 0 aromatic heterocycles. The second-order valence-electron chi connectivity index (χ2n) is 8.70. The Bertz CT molecular complexity index is 1350. The lowest BCUT2D eigenvalue weighted by Crippen LogP contribution is -2.48. The van der Waals surface area contributed by atoms with E-state index in [9.17, 15) is 9.59 Å². The van der Waals surface area contributed by atoms with Gasteiger partial charge in [0, 0.05) is 0 Å². The number of carbonyl (C=O) groups excluding carboxylic acids is 2. The van der Waals surface area contributed by atoms with Gasteiger partial charge in [-0.1, -0.05) is 103 Å². The van der Waals surface area contributed by atoms with Gasteiger partial charge in [0.25, 0.3) is 0 Å². The summed E-state index contributed by atoms with van der Waals surface area (Å²) in [5.41, 5.74) is 7.25. The lowest BCUT2D eigenvalue weighted by atomic mass is 10.1. The topological polar surface area (TPSA) is 90.6 Å². The smallest absolute Gasteiger partial charge is 0.337 e. The van der Waals surface area contributed by atoms with Crippen LogP contribution in [0.1, 0.15) is 13.8 Å². The zero-order valence-electron chi connectivity index (χ0n) is 22.1. The van der Waals surface area contributed by atoms with Crippen molar-refractivity contribution in [2.45, 2.75) is 19.9 Å². The van der Waals surface area contributed by atoms with Crippen LogP contribution in [0.2, 0.25) is 0 Å². The number of ether oxygens (including phenoxy) is 2. The zero-order valence-corrected chi connectivity index (χ0v) is 23.0. The maximum absolute atomic E-state index is 14.2. The van der Waals surface area contributed by atoms with Crippen molar-refractivity contribution in [1.29, 1.82) is 0 Å². The quantitative estimate of drug-likeness (QED) is 0.177. The molecule has 0 fully saturated rings. The number of para-hydroxylation sites is 2. The summed E-state index contributed by atoms with van der Waals surface area (Å²) >= 11 is 0. The number of esters is 2. The predicted molar refractivity (Wildman–Crippen MR) is 162 cm³/mol. The fraction of sp³-hybridized carbons (Fsp3) is 0.156. The number of rotatable bonds is 10. The highest BCUT2D eigenvalue weighted by molar-refractivity contribution is 7.96. The zero-order chi connectivity index (χ0) is 27.7. The van der Waals surface area contributed by atoms with E-state index in [0.29, 0.717) is 11.4 Å². The van der Waals surface area contributed by atoms with E-state index in [1.165, 1.54) is 0 Å². The monoisotopic (exact) mass is 540 g/mol. The minimum atomic E-state index is -3.00. The van der Waals surface area contributed by atoms with E-state index < -0.39 is 24.9 Å². The third-order valence-electron chi connectivity index (χ3n) is 6.33. The highest BCUT2D eigenvalue weighted by Gasteiger charge is 2.41. The van der Waals surface area contributed by atoms with Crippen LogP contribution in [0, 0.1) is 0 Å². The summed E-state index contributed by atoms with van der Waals surface area (Å²) in [4.78, 5) is 28.0. The first-order valence-electron chi connectivity index (χ1n) is 12.9. The van der Waals surface area contributed by atoms with Crippen LogP contribution in [-0.4, -0.2) is 36.5 Å². The van der Waals surface area contributed by atoms with Gasteiger partial charge in [-0.05, 0) is 48.8 Å². The minimum Gasteiger partial charge on any atom is -0.464 e. The highest BCUT2D eigenvalue weighted by Crippen LogP contribution is 2.47. The Morgan fingerprint density at radius 1 is 0.692 bits per heavy atom. The van der Waals surface area contributed by atoms with E-state index in [1.807, 2.05) is 103 Å². The Balaban J connectivity index is 2.24. The predicted octanol–water partition coefficient (Wildman–Crippen LogP) is 4.34. The lowest BCUT2D eigenvalue weighted by molar-refractivity contribution is -0.143. The largest absolute Gasteiger partial charge is 0.464 e. The van der Waals surface area contributed by atoms with Gasteiger partial charge in [0.15, 0.2) is 6.04 Å². The Kier molecular flexibility index (Phi) is 9.24. The Hall–Kier alpha value is -4.28. The third-order valence-corrected chi connectivity index (χ3v) is 10.7. The maximum Gasteiger partial charge on any atom is 0.337 e. The summed E-state index contributed by atoms with van der Waals surface area (Å²) in [5.74, 6) is -1.15. The number of carbonyl (C=O) groups is 2. The number of nitrogens with two attached hydrogens (primary N) is 1. The van der Waals surface area contributed by atoms with Crippen molar-refractivity contribution in [3.63, 3.8) is 0 Å². The molecule has 0 amide bonds. The second-order valence-corrected chi connectivity index (χ2v) is 12.1. The average Bonchev–Trinajstić information content (AvgIpc) is 2.97. The van der Waals surface area contributed by atoms with Crippen molar-refractivity contribution in [3.8, 4) is 0 Å². The SMILES string of the molecule is CCOC(=O)C(C(Nc1ccccc1N)C(=O)OCC)=P(c1ccccc1)(c1ccccc1)c1ccccc1. The molecule has 0 aliphatic rings. The summed E-state index contributed by atoms with van der Waals surface area (Å²) in [6, 6.07) is 35.5. The van der Waals surface area contributed by atoms with Crippen LogP contribution in [0.25, 0.3) is 0 Å². The molecule has 0 aliphatic heterocycles. The number of benzene rings is 4. The van der Waals surface area contributed by atoms with Gasteiger partial charge in [0.1, 0.15) is 0 Å². The van der Waals surface area contributed by atoms with Gasteiger partial charge in [-0.25, -0.2) is 9.59 Å². The first kappa shape index (κ1) is 27.7. The molecule has 0 aliphatic carbocycles. The Labute approximate surface area is 229 Å². The molecule has 0 radical (unpaired) electrons. The molecule has 0 spiro atoms. The first-order chi connectivity index (χ1) is 19.0. The fourth-order valence-corrected chi connectivity index (χ4v) is 9.20. The Morgan fingerprint density at radius 2 is 1.13 bits per heavy atom. The van der Waals surface area contributed by atoms with E-state index in [4.69, 9.17) is 15.2 Å². The third kappa shape index (κ3) is 5.76. The fourth-order valence-electron chi connectivity index (χ4n) is 4.72. The van der Waals surface area contributed by atoms with Crippen molar-refractivity contribution in [1.82, 2.24) is 0 Å². The Morgan fingerprint density at radius 3 is 1.56 bits per heavy atom. The number of hydrogen-bond donors (Lipinski definition) is 2. The molecular weight excluding hydrogens is 507 g/mol. The van der Waals surface area contributed by atoms with Gasteiger partial charge in [0.2, 0.25) is 0 Å². The molecule has 0 saturated carbocycles. The number of hydrogen-bond acceptors (Lipinski definition) is 6. The van der Waals surface area contributed by atoms with Crippen LogP contribution in [0.5, 0.6) is 0 Å². The van der Waals surface area contributed by atoms with E-state index in [2.05, 4.69) is 5.32 Å². The lowest BCUT2D eigenvalue weighted by Gasteiger charge is -2.35. The van der Waals surface area contributed by atoms with Gasteiger partial charge in [-0.3, -0.25) is 0 Å². The van der Waals surface area contributed by atoms with Crippen molar-refractivity contribution in [2.75, 3.05) is 24.3 Å². The molecular formula is C32H33N2O4P. The van der Waals surface area contributed by atoms with Crippen molar-refractivity contribution in [2.24, 2.45) is 0 Å². The van der Waals surface area contributed by atoms with Crippen molar-refractivity contribution >= 4 is 51.4 Å². The van der Waals surface area contributed by atoms with Crippen LogP contribution in [0.15, 0.2) is 115 Å². The van der Waals surface area contributed by atoms with Gasteiger partial charge < -0.3 is 20.5 Å². The summed E-state index contributed by atoms with van der Waals surface area (Å²) in [7, 11) is 0. The standard InChI is InChI=1S/C32H33N2O4P/c1-3-37-31(35)29(34-28-23-15-14-22-27(28)33)30(32(36)38-4-2)39(24-16-8-5-9-17-24,25-18-10-6-11-19-25)26-20-12-7-13-21-26/h5-23,29,34H,3-4,33H2,1-2H3. The molecule has 0 saturated heterocycles. The van der Waals surface area contributed by atoms with Gasteiger partial charge in [-0.2, -0.15) is 0 Å². The van der Waals surface area contributed by atoms with E-state index in [0.717, 1.165) is 15.9 Å². The van der Waals surface area contributed by atoms with Crippen molar-refractivity contribution in [3.05, 3.63) is 115 Å². The summed E-state index contributed by atoms with van der Waals surface area (Å²) in [5, 5.41) is 6.28. The van der Waals surface area contributed by atoms with E-state index in [-0.39, 0.29) is 18.5 Å². The molecule has 1 unspecified atom stereocenters. The van der Waals surface area contributed by atoms with Crippen LogP contribution >= 0.6 is 6.89 Å². The molecule has 4 rings (SSSR count). The number of nitrogens with one attached hydrogen (secondary N) is 1. The van der Waals surface area contributed by atoms with Crippen LogP contribution in [0.3, 0.4) is 0 Å². The molecule has 4 aromatic rings. The molecule has 0 bridgehead atoms. The van der Waals surface area contributed by atoms with Gasteiger partial charge in [0.05, 0.1) is 29.9 Å². The van der Waals surface area contributed by atoms with Crippen LogP contribution in [0.4, 0.5) is 11.4 Å². The molecule has 39 heavy (non-hydrogen) atoms. The summed E-state index contributed by atoms with van der Waals surface area (Å²) in [6.45, 7) is 0.784. The number of nitrogen functional groups attached to an aromatic ring is 1. The highest BCUT2D eigenvalue weighted by atomic mass is 31.2. The van der Waals surface area contributed by atoms with Gasteiger partial charge >= 0.3 is 11.9 Å². The summed E-state index contributed by atoms with van der Waals surface area (Å²) < 4.78 is 11.3. The van der Waals surface area contributed by atoms with E-state index in [1.54, 1.807) is 26.0 Å². The molecule has 1 atom stereocenters. The number of anilines is 2. The molecule has 7 heteroatoms. The van der Waals surface area contributed by atoms with Crippen LogP contribution < -0.4 is 27.0 Å². The molecule has 3 N–H and O–H groups in total. The summed E-state index contributed by atoms with van der Waals surface area (Å²) in [6.07, 6.45) is 0. The van der Waals surface area contributed by atoms with E-state index >= 15 is 0 Å². The second kappa shape index (κ2) is 13.0. The normalized spacial score (nSPS) is 11.7. The van der Waals surface area contributed by atoms with Crippen LogP contribution in [-0.2, 0) is 19.1 Å². The molecule has 6 nitrogen and oxygen atoms in total. The molecule has 200 valence electrons. The first-order valence-corrected chi connectivity index (χ1v) is 14.7. The molecule has 0 heterocycles.